The Kier molecular flexibility index (Phi) is 6.55. The molecule has 4 saturated carbocycles. The number of rotatable bonds is 5. The maximum Gasteiger partial charge on any atom is 1.00 e. The van der Waals surface area contributed by atoms with Gasteiger partial charge in [-0.3, -0.25) is 4.79 Å². The average Bonchev–Trinajstić information content (AvgIpc) is 3.02. The van der Waals surface area contributed by atoms with Crippen LogP contribution < -0.4 is 40.0 Å². The van der Waals surface area contributed by atoms with E-state index in [1.165, 1.54) is 50.7 Å². The molecule has 0 aliphatic heterocycles. The number of halogens is 2. The van der Waals surface area contributed by atoms with Gasteiger partial charge in [-0.2, -0.15) is 0 Å². The first-order valence-electron chi connectivity index (χ1n) is 10.5. The number of fused-ring (bicyclic) bond motifs is 1. The molecule has 0 spiro atoms. The molecular formula is C23H23Cl2N2NaO3. The maximum atomic E-state index is 12.6. The monoisotopic (exact) mass is 468 g/mol. The van der Waals surface area contributed by atoms with Crippen LogP contribution in [0.15, 0.2) is 18.2 Å². The summed E-state index contributed by atoms with van der Waals surface area (Å²) in [6.07, 6.45) is 10.6. The first-order chi connectivity index (χ1) is 14.3. The molecule has 4 bridgehead atoms. The van der Waals surface area contributed by atoms with Crippen LogP contribution in [-0.2, 0) is 4.79 Å². The van der Waals surface area contributed by atoms with Crippen molar-refractivity contribution in [2.45, 2.75) is 38.5 Å². The fraction of sp³-hybridized carbons (Fsp3) is 0.478. The molecule has 0 atom stereocenters. The van der Waals surface area contributed by atoms with Crippen molar-refractivity contribution in [2.24, 2.45) is 23.2 Å². The fourth-order valence-corrected chi connectivity index (χ4v) is 7.19. The minimum Gasteiger partial charge on any atom is -0.543 e. The predicted molar refractivity (Wildman–Crippen MR) is 115 cm³/mol. The summed E-state index contributed by atoms with van der Waals surface area (Å²) < 4.78 is 0. The number of benzene rings is 1. The van der Waals surface area contributed by atoms with Crippen molar-refractivity contribution in [1.29, 1.82) is 0 Å². The van der Waals surface area contributed by atoms with Crippen molar-refractivity contribution < 1.29 is 44.3 Å². The fourth-order valence-electron chi connectivity index (χ4n) is 6.60. The first-order valence-corrected chi connectivity index (χ1v) is 11.3. The minimum absolute atomic E-state index is 0. The second-order valence-electron chi connectivity index (χ2n) is 9.48. The molecule has 1 amide bonds. The second-order valence-corrected chi connectivity index (χ2v) is 10.3. The Morgan fingerprint density at radius 1 is 1.13 bits per heavy atom. The molecule has 1 aromatic heterocycles. The van der Waals surface area contributed by atoms with E-state index >= 15 is 0 Å². The van der Waals surface area contributed by atoms with Crippen molar-refractivity contribution in [2.75, 3.05) is 6.54 Å². The molecule has 158 valence electrons. The number of carbonyl (C=O) groups is 2. The standard InChI is InChI=1S/C23H24Cl2N2O3.Na/c24-15-6-17(25)20-16(21(22(29)30)27-18(20)7-15)1-2-19(28)26-11-23-8-12-3-13(9-23)5-14(4-12)10-23;/h1-2,6-7,12-14,27H,3-5,8-11H2,(H,26,28)(H,29,30);/q;+1/p-1. The summed E-state index contributed by atoms with van der Waals surface area (Å²) in [7, 11) is 0. The minimum atomic E-state index is -1.37. The van der Waals surface area contributed by atoms with Gasteiger partial charge in [0, 0.05) is 34.1 Å². The Labute approximate surface area is 213 Å². The van der Waals surface area contributed by atoms with Crippen molar-refractivity contribution in [3.8, 4) is 0 Å². The number of amides is 1. The Hall–Kier alpha value is -0.980. The third-order valence-electron chi connectivity index (χ3n) is 7.26. The second kappa shape index (κ2) is 8.75. The summed E-state index contributed by atoms with van der Waals surface area (Å²) in [6, 6.07) is 3.14. The van der Waals surface area contributed by atoms with E-state index < -0.39 is 5.97 Å². The summed E-state index contributed by atoms with van der Waals surface area (Å²) in [5, 5.41) is 15.8. The van der Waals surface area contributed by atoms with E-state index in [1.54, 1.807) is 12.1 Å². The Morgan fingerprint density at radius 3 is 2.32 bits per heavy atom. The largest absolute Gasteiger partial charge is 1.00 e. The number of aromatic nitrogens is 1. The summed E-state index contributed by atoms with van der Waals surface area (Å²) in [5.74, 6) is 0.889. The molecule has 4 aliphatic rings. The normalized spacial score (nSPS) is 28.8. The molecule has 6 rings (SSSR count). The zero-order chi connectivity index (χ0) is 21.0. The first kappa shape index (κ1) is 23.2. The van der Waals surface area contributed by atoms with E-state index in [4.69, 9.17) is 23.2 Å². The van der Waals surface area contributed by atoms with E-state index in [-0.39, 0.29) is 46.6 Å². The van der Waals surface area contributed by atoms with Crippen molar-refractivity contribution in [3.63, 3.8) is 0 Å². The predicted octanol–water partition coefficient (Wildman–Crippen LogP) is 1.19. The quantitative estimate of drug-likeness (QED) is 0.510. The van der Waals surface area contributed by atoms with Crippen LogP contribution in [0.5, 0.6) is 0 Å². The molecule has 4 aliphatic carbocycles. The number of H-pyrrole nitrogens is 1. The van der Waals surface area contributed by atoms with E-state index in [1.807, 2.05) is 0 Å². The van der Waals surface area contributed by atoms with Crippen molar-refractivity contribution in [3.05, 3.63) is 39.5 Å². The van der Waals surface area contributed by atoms with Gasteiger partial charge in [0.05, 0.1) is 16.7 Å². The Balaban J connectivity index is 0.00000231. The van der Waals surface area contributed by atoms with Crippen LogP contribution in [0.3, 0.4) is 0 Å². The number of carboxylic acid groups (broad SMARTS) is 1. The summed E-state index contributed by atoms with van der Waals surface area (Å²) in [5.41, 5.74) is 0.922. The molecule has 31 heavy (non-hydrogen) atoms. The maximum absolute atomic E-state index is 12.6. The van der Waals surface area contributed by atoms with Gasteiger partial charge in [0.2, 0.25) is 5.91 Å². The number of hydrogen-bond acceptors (Lipinski definition) is 3. The molecule has 1 heterocycles. The molecule has 5 nitrogen and oxygen atoms in total. The molecule has 4 fully saturated rings. The zero-order valence-corrected chi connectivity index (χ0v) is 21.0. The third-order valence-corrected chi connectivity index (χ3v) is 7.78. The van der Waals surface area contributed by atoms with Crippen LogP contribution in [0.4, 0.5) is 0 Å². The molecule has 2 aromatic rings. The number of aromatic amines is 1. The van der Waals surface area contributed by atoms with Gasteiger partial charge in [0.25, 0.3) is 0 Å². The summed E-state index contributed by atoms with van der Waals surface area (Å²) in [4.78, 5) is 26.9. The van der Waals surface area contributed by atoms with Gasteiger partial charge in [-0.1, -0.05) is 23.2 Å². The van der Waals surface area contributed by atoms with Gasteiger partial charge in [0.1, 0.15) is 0 Å². The molecule has 1 aromatic carbocycles. The van der Waals surface area contributed by atoms with Gasteiger partial charge < -0.3 is 20.2 Å². The topological polar surface area (TPSA) is 85.0 Å². The van der Waals surface area contributed by atoms with Crippen LogP contribution in [0.25, 0.3) is 17.0 Å². The number of carbonyl (C=O) groups excluding carboxylic acids is 2. The molecule has 2 N–H and O–H groups in total. The van der Waals surface area contributed by atoms with Crippen LogP contribution in [0.2, 0.25) is 10.0 Å². The van der Waals surface area contributed by atoms with Gasteiger partial charge in [0.15, 0.2) is 0 Å². The van der Waals surface area contributed by atoms with Gasteiger partial charge >= 0.3 is 29.6 Å². The van der Waals surface area contributed by atoms with E-state index in [2.05, 4.69) is 10.3 Å². The average molecular weight is 469 g/mol. The molecule has 0 saturated heterocycles. The van der Waals surface area contributed by atoms with E-state index in [0.29, 0.717) is 33.1 Å². The van der Waals surface area contributed by atoms with Crippen LogP contribution in [0, 0.1) is 23.2 Å². The van der Waals surface area contributed by atoms with E-state index in [9.17, 15) is 14.7 Å². The van der Waals surface area contributed by atoms with Crippen LogP contribution >= 0.6 is 23.2 Å². The number of aromatic carboxylic acids is 1. The molecular weight excluding hydrogens is 446 g/mol. The van der Waals surface area contributed by atoms with Gasteiger partial charge in [-0.05, 0) is 79.9 Å². The summed E-state index contributed by atoms with van der Waals surface area (Å²) >= 11 is 12.3. The van der Waals surface area contributed by atoms with Gasteiger partial charge in [-0.15, -0.1) is 0 Å². The van der Waals surface area contributed by atoms with Crippen molar-refractivity contribution >= 4 is 52.1 Å². The number of carboxylic acids is 1. The van der Waals surface area contributed by atoms with E-state index in [0.717, 1.165) is 17.8 Å². The van der Waals surface area contributed by atoms with Crippen LogP contribution in [0.1, 0.15) is 54.6 Å². The summed E-state index contributed by atoms with van der Waals surface area (Å²) in [6.45, 7) is 0.692. The van der Waals surface area contributed by atoms with Crippen LogP contribution in [-0.4, -0.2) is 23.4 Å². The van der Waals surface area contributed by atoms with Crippen molar-refractivity contribution in [1.82, 2.24) is 10.3 Å². The smallest absolute Gasteiger partial charge is 0.543 e. The van der Waals surface area contributed by atoms with Gasteiger partial charge in [-0.25, -0.2) is 0 Å². The third kappa shape index (κ3) is 4.45. The number of hydrogen-bond donors (Lipinski definition) is 2. The SMILES string of the molecule is O=C(C=Cc1c(C(=O)[O-])[nH]c2cc(Cl)cc(Cl)c12)NCC12CC3CC(CC(C3)C1)C2.[Na+]. The molecule has 0 radical (unpaired) electrons. The molecule has 8 heteroatoms. The molecule has 0 unspecified atom stereocenters. The zero-order valence-electron chi connectivity index (χ0n) is 17.5. The number of nitrogens with one attached hydrogen (secondary N) is 2. The Bertz CT molecular complexity index is 1040. The Morgan fingerprint density at radius 2 is 1.74 bits per heavy atom.